The molecule has 0 aliphatic rings. The molecule has 90 valence electrons. The topological polar surface area (TPSA) is 21.3 Å². The van der Waals surface area contributed by atoms with Crippen LogP contribution in [0, 0.1) is 5.92 Å². The Morgan fingerprint density at radius 3 is 2.69 bits per heavy atom. The Bertz CT molecular complexity index is 311. The number of nitrogens with one attached hydrogen (secondary N) is 1. The molecule has 0 heterocycles. The number of rotatable bonds is 6. The third-order valence-electron chi connectivity index (χ3n) is 3.02. The molecular weight excluding hydrogens is 198 g/mol. The number of benzene rings is 1. The van der Waals surface area contributed by atoms with Gasteiger partial charge in [0.1, 0.15) is 5.75 Å². The number of hydrogen-bond donors (Lipinski definition) is 1. The van der Waals surface area contributed by atoms with Crippen LogP contribution in [0.2, 0.25) is 0 Å². The summed E-state index contributed by atoms with van der Waals surface area (Å²) >= 11 is 0. The Hall–Kier alpha value is -1.02. The molecule has 1 N–H and O–H groups in total. The van der Waals surface area contributed by atoms with Crippen LogP contribution in [0.15, 0.2) is 24.3 Å². The standard InChI is InChI=1S/C14H23NO/c1-5-11(2)10-16-14-8-6-7-13(9-14)12(3)15-4/h6-9,11-12,15H,5,10H2,1-4H3. The molecule has 0 spiro atoms. The second kappa shape index (κ2) is 6.54. The summed E-state index contributed by atoms with van der Waals surface area (Å²) in [5, 5.41) is 3.23. The largest absolute Gasteiger partial charge is 0.493 e. The summed E-state index contributed by atoms with van der Waals surface area (Å²) in [5.41, 5.74) is 1.27. The van der Waals surface area contributed by atoms with Crippen molar-refractivity contribution in [3.05, 3.63) is 29.8 Å². The Morgan fingerprint density at radius 2 is 2.06 bits per heavy atom. The van der Waals surface area contributed by atoms with Crippen LogP contribution in [0.25, 0.3) is 0 Å². The van der Waals surface area contributed by atoms with Crippen LogP contribution in [0.1, 0.15) is 38.8 Å². The first-order chi connectivity index (χ1) is 7.67. The van der Waals surface area contributed by atoms with Crippen LogP contribution in [0.5, 0.6) is 5.75 Å². The van der Waals surface area contributed by atoms with E-state index in [0.29, 0.717) is 12.0 Å². The maximum absolute atomic E-state index is 5.77. The van der Waals surface area contributed by atoms with Gasteiger partial charge >= 0.3 is 0 Å². The van der Waals surface area contributed by atoms with Crippen LogP contribution in [0.4, 0.5) is 0 Å². The van der Waals surface area contributed by atoms with Gasteiger partial charge in [-0.15, -0.1) is 0 Å². The molecule has 0 aliphatic heterocycles. The van der Waals surface area contributed by atoms with Gasteiger partial charge in [0.05, 0.1) is 6.61 Å². The predicted molar refractivity (Wildman–Crippen MR) is 68.9 cm³/mol. The molecule has 1 rings (SSSR count). The van der Waals surface area contributed by atoms with E-state index in [0.717, 1.165) is 18.8 Å². The summed E-state index contributed by atoms with van der Waals surface area (Å²) in [6, 6.07) is 8.68. The Kier molecular flexibility index (Phi) is 5.33. The molecule has 2 nitrogen and oxygen atoms in total. The maximum Gasteiger partial charge on any atom is 0.119 e. The van der Waals surface area contributed by atoms with E-state index in [-0.39, 0.29) is 0 Å². The first-order valence-electron chi connectivity index (χ1n) is 6.07. The lowest BCUT2D eigenvalue weighted by Crippen LogP contribution is -2.12. The molecule has 2 heteroatoms. The molecular formula is C14H23NO. The van der Waals surface area contributed by atoms with Gasteiger partial charge < -0.3 is 10.1 Å². The lowest BCUT2D eigenvalue weighted by Gasteiger charge is -2.14. The van der Waals surface area contributed by atoms with Gasteiger partial charge in [0, 0.05) is 6.04 Å². The van der Waals surface area contributed by atoms with Gasteiger partial charge in [0.2, 0.25) is 0 Å². The second-order valence-corrected chi connectivity index (χ2v) is 4.41. The van der Waals surface area contributed by atoms with Crippen molar-refractivity contribution in [2.24, 2.45) is 5.92 Å². The van der Waals surface area contributed by atoms with Gasteiger partial charge in [0.25, 0.3) is 0 Å². The normalized spacial score (nSPS) is 14.5. The first kappa shape index (κ1) is 13.0. The minimum absolute atomic E-state index is 0.368. The van der Waals surface area contributed by atoms with Gasteiger partial charge in [-0.05, 0) is 37.6 Å². The minimum Gasteiger partial charge on any atom is -0.493 e. The fourth-order valence-corrected chi connectivity index (χ4v) is 1.40. The molecule has 0 fully saturated rings. The van der Waals surface area contributed by atoms with E-state index >= 15 is 0 Å². The molecule has 0 saturated carbocycles. The van der Waals surface area contributed by atoms with Crippen molar-refractivity contribution in [2.75, 3.05) is 13.7 Å². The molecule has 0 aliphatic carbocycles. The zero-order valence-electron chi connectivity index (χ0n) is 10.8. The van der Waals surface area contributed by atoms with Gasteiger partial charge in [-0.1, -0.05) is 32.4 Å². The van der Waals surface area contributed by atoms with Crippen molar-refractivity contribution in [2.45, 2.75) is 33.2 Å². The highest BCUT2D eigenvalue weighted by atomic mass is 16.5. The van der Waals surface area contributed by atoms with E-state index in [1.54, 1.807) is 0 Å². The zero-order chi connectivity index (χ0) is 12.0. The molecule has 2 unspecified atom stereocenters. The van der Waals surface area contributed by atoms with Crippen LogP contribution in [0.3, 0.4) is 0 Å². The van der Waals surface area contributed by atoms with Crippen molar-refractivity contribution in [1.29, 1.82) is 0 Å². The third-order valence-corrected chi connectivity index (χ3v) is 3.02. The van der Waals surface area contributed by atoms with Gasteiger partial charge in [-0.3, -0.25) is 0 Å². The highest BCUT2D eigenvalue weighted by Gasteiger charge is 2.04. The van der Waals surface area contributed by atoms with Gasteiger partial charge in [0.15, 0.2) is 0 Å². The average molecular weight is 221 g/mol. The number of ether oxygens (including phenoxy) is 1. The SMILES string of the molecule is CCC(C)COc1cccc(C(C)NC)c1. The van der Waals surface area contributed by atoms with Crippen molar-refractivity contribution in [1.82, 2.24) is 5.32 Å². The Balaban J connectivity index is 2.60. The fraction of sp³-hybridized carbons (Fsp3) is 0.571. The third kappa shape index (κ3) is 3.86. The van der Waals surface area contributed by atoms with Crippen molar-refractivity contribution in [3.8, 4) is 5.75 Å². The van der Waals surface area contributed by atoms with E-state index < -0.39 is 0 Å². The Morgan fingerprint density at radius 1 is 1.31 bits per heavy atom. The molecule has 0 radical (unpaired) electrons. The minimum atomic E-state index is 0.368. The molecule has 1 aromatic carbocycles. The molecule has 0 bridgehead atoms. The lowest BCUT2D eigenvalue weighted by molar-refractivity contribution is 0.256. The second-order valence-electron chi connectivity index (χ2n) is 4.41. The van der Waals surface area contributed by atoms with Crippen LogP contribution in [-0.4, -0.2) is 13.7 Å². The first-order valence-corrected chi connectivity index (χ1v) is 6.07. The van der Waals surface area contributed by atoms with E-state index in [2.05, 4.69) is 44.3 Å². The average Bonchev–Trinajstić information content (AvgIpc) is 2.35. The molecule has 16 heavy (non-hydrogen) atoms. The van der Waals surface area contributed by atoms with Gasteiger partial charge in [-0.2, -0.15) is 0 Å². The molecule has 0 saturated heterocycles. The monoisotopic (exact) mass is 221 g/mol. The van der Waals surface area contributed by atoms with E-state index in [1.807, 2.05) is 13.1 Å². The smallest absolute Gasteiger partial charge is 0.119 e. The fourth-order valence-electron chi connectivity index (χ4n) is 1.40. The van der Waals surface area contributed by atoms with E-state index in [1.165, 1.54) is 5.56 Å². The molecule has 0 aromatic heterocycles. The summed E-state index contributed by atoms with van der Waals surface area (Å²) in [7, 11) is 1.97. The summed E-state index contributed by atoms with van der Waals surface area (Å²) in [5.74, 6) is 1.59. The van der Waals surface area contributed by atoms with Crippen LogP contribution in [-0.2, 0) is 0 Å². The molecule has 0 amide bonds. The van der Waals surface area contributed by atoms with Crippen molar-refractivity contribution in [3.63, 3.8) is 0 Å². The summed E-state index contributed by atoms with van der Waals surface area (Å²) in [6.45, 7) is 7.34. The predicted octanol–water partition coefficient (Wildman–Crippen LogP) is 3.39. The quantitative estimate of drug-likeness (QED) is 0.795. The van der Waals surface area contributed by atoms with Crippen LogP contribution < -0.4 is 10.1 Å². The van der Waals surface area contributed by atoms with E-state index in [9.17, 15) is 0 Å². The zero-order valence-corrected chi connectivity index (χ0v) is 10.8. The van der Waals surface area contributed by atoms with Crippen LogP contribution >= 0.6 is 0 Å². The maximum atomic E-state index is 5.77. The number of hydrogen-bond acceptors (Lipinski definition) is 2. The summed E-state index contributed by atoms with van der Waals surface area (Å²) in [4.78, 5) is 0. The highest BCUT2D eigenvalue weighted by Crippen LogP contribution is 2.19. The summed E-state index contributed by atoms with van der Waals surface area (Å²) < 4.78 is 5.77. The molecule has 1 aromatic rings. The highest BCUT2D eigenvalue weighted by molar-refractivity contribution is 5.30. The molecule has 2 atom stereocenters. The van der Waals surface area contributed by atoms with Crippen molar-refractivity contribution < 1.29 is 4.74 Å². The summed E-state index contributed by atoms with van der Waals surface area (Å²) in [6.07, 6.45) is 1.16. The Labute approximate surface area is 99.0 Å². The van der Waals surface area contributed by atoms with Crippen molar-refractivity contribution >= 4 is 0 Å². The van der Waals surface area contributed by atoms with Gasteiger partial charge in [-0.25, -0.2) is 0 Å². The van der Waals surface area contributed by atoms with E-state index in [4.69, 9.17) is 4.74 Å². The lowest BCUT2D eigenvalue weighted by atomic mass is 10.1.